The lowest BCUT2D eigenvalue weighted by Gasteiger charge is -2.16. The van der Waals surface area contributed by atoms with Crippen LogP contribution in [0, 0.1) is 0 Å². The van der Waals surface area contributed by atoms with Gasteiger partial charge in [0.05, 0.1) is 6.42 Å². The minimum atomic E-state index is -0.738. The third-order valence-corrected chi connectivity index (χ3v) is 2.54. The van der Waals surface area contributed by atoms with E-state index in [1.807, 2.05) is 6.92 Å². The number of amides is 2. The summed E-state index contributed by atoms with van der Waals surface area (Å²) in [6.45, 7) is 2.33. The summed E-state index contributed by atoms with van der Waals surface area (Å²) in [7, 11) is 0. The third kappa shape index (κ3) is 4.63. The molecule has 1 rings (SSSR count). The number of benzene rings is 1. The van der Waals surface area contributed by atoms with E-state index in [2.05, 4.69) is 10.6 Å². The van der Waals surface area contributed by atoms with Crippen molar-refractivity contribution in [1.29, 1.82) is 0 Å². The van der Waals surface area contributed by atoms with Gasteiger partial charge in [0.1, 0.15) is 6.04 Å². The standard InChI is InChI=1S/C12H16ClN3O2/c1-2-15-11(17)7-10(12(14)18)16-9-5-3-8(13)4-6-9/h3-6,10,16H,2,7H2,1H3,(H2,14,18)(H,15,17). The molecule has 0 bridgehead atoms. The van der Waals surface area contributed by atoms with E-state index in [0.29, 0.717) is 17.3 Å². The first kappa shape index (κ1) is 14.3. The number of primary amides is 1. The zero-order valence-electron chi connectivity index (χ0n) is 10.1. The molecule has 0 aliphatic rings. The Morgan fingerprint density at radius 1 is 1.33 bits per heavy atom. The van der Waals surface area contributed by atoms with E-state index < -0.39 is 11.9 Å². The quantitative estimate of drug-likeness (QED) is 0.724. The molecule has 1 aromatic carbocycles. The van der Waals surface area contributed by atoms with E-state index in [1.165, 1.54) is 0 Å². The highest BCUT2D eigenvalue weighted by Gasteiger charge is 2.18. The summed E-state index contributed by atoms with van der Waals surface area (Å²) in [5.74, 6) is -0.793. The van der Waals surface area contributed by atoms with Crippen LogP contribution in [0.3, 0.4) is 0 Å². The number of nitrogens with one attached hydrogen (secondary N) is 2. The fraction of sp³-hybridized carbons (Fsp3) is 0.333. The normalized spacial score (nSPS) is 11.7. The molecule has 0 heterocycles. The molecule has 1 atom stereocenters. The van der Waals surface area contributed by atoms with Gasteiger partial charge in [0.15, 0.2) is 0 Å². The topological polar surface area (TPSA) is 84.2 Å². The average Bonchev–Trinajstić information content (AvgIpc) is 2.31. The molecule has 98 valence electrons. The molecule has 1 unspecified atom stereocenters. The number of halogens is 1. The predicted molar refractivity (Wildman–Crippen MR) is 71.4 cm³/mol. The monoisotopic (exact) mass is 269 g/mol. The number of rotatable bonds is 6. The molecule has 0 fully saturated rings. The van der Waals surface area contributed by atoms with Gasteiger partial charge in [-0.3, -0.25) is 9.59 Å². The van der Waals surface area contributed by atoms with E-state index >= 15 is 0 Å². The molecule has 1 aromatic rings. The van der Waals surface area contributed by atoms with Crippen molar-refractivity contribution in [2.75, 3.05) is 11.9 Å². The molecular weight excluding hydrogens is 254 g/mol. The molecule has 0 aliphatic carbocycles. The summed E-state index contributed by atoms with van der Waals surface area (Å²) in [6, 6.07) is 6.08. The summed E-state index contributed by atoms with van der Waals surface area (Å²) in [5, 5.41) is 6.12. The van der Waals surface area contributed by atoms with Crippen molar-refractivity contribution in [3.63, 3.8) is 0 Å². The summed E-state index contributed by atoms with van der Waals surface area (Å²) >= 11 is 5.75. The van der Waals surface area contributed by atoms with Crippen LogP contribution in [0.25, 0.3) is 0 Å². The molecule has 0 saturated heterocycles. The first-order chi connectivity index (χ1) is 8.52. The molecule has 0 radical (unpaired) electrons. The third-order valence-electron chi connectivity index (χ3n) is 2.29. The number of hydrogen-bond acceptors (Lipinski definition) is 3. The van der Waals surface area contributed by atoms with Crippen LogP contribution in [0.5, 0.6) is 0 Å². The Balaban J connectivity index is 2.65. The van der Waals surface area contributed by atoms with Gasteiger partial charge >= 0.3 is 0 Å². The van der Waals surface area contributed by atoms with Crippen molar-refractivity contribution in [3.05, 3.63) is 29.3 Å². The van der Waals surface area contributed by atoms with Crippen molar-refractivity contribution in [2.24, 2.45) is 5.73 Å². The second-order valence-electron chi connectivity index (χ2n) is 3.76. The van der Waals surface area contributed by atoms with Crippen LogP contribution < -0.4 is 16.4 Å². The first-order valence-electron chi connectivity index (χ1n) is 5.61. The van der Waals surface area contributed by atoms with Gasteiger partial charge in [-0.1, -0.05) is 11.6 Å². The van der Waals surface area contributed by atoms with E-state index in [0.717, 1.165) is 0 Å². The molecule has 0 aliphatic heterocycles. The Kier molecular flexibility index (Phi) is 5.45. The van der Waals surface area contributed by atoms with Crippen LogP contribution in [0.4, 0.5) is 5.69 Å². The molecule has 0 spiro atoms. The van der Waals surface area contributed by atoms with Crippen LogP contribution in [0.2, 0.25) is 5.02 Å². The van der Waals surface area contributed by atoms with Crippen molar-refractivity contribution in [1.82, 2.24) is 5.32 Å². The molecule has 18 heavy (non-hydrogen) atoms. The van der Waals surface area contributed by atoms with Crippen molar-refractivity contribution in [3.8, 4) is 0 Å². The van der Waals surface area contributed by atoms with Crippen molar-refractivity contribution >= 4 is 29.1 Å². The Morgan fingerprint density at radius 3 is 2.44 bits per heavy atom. The van der Waals surface area contributed by atoms with Crippen LogP contribution in [-0.2, 0) is 9.59 Å². The van der Waals surface area contributed by atoms with E-state index in [1.54, 1.807) is 24.3 Å². The summed E-state index contributed by atoms with van der Waals surface area (Å²) in [4.78, 5) is 22.7. The van der Waals surface area contributed by atoms with Crippen LogP contribution >= 0.6 is 11.6 Å². The first-order valence-corrected chi connectivity index (χ1v) is 5.99. The molecule has 5 nitrogen and oxygen atoms in total. The lowest BCUT2D eigenvalue weighted by atomic mass is 10.1. The molecule has 6 heteroatoms. The number of hydrogen-bond donors (Lipinski definition) is 3. The SMILES string of the molecule is CCNC(=O)CC(Nc1ccc(Cl)cc1)C(N)=O. The number of carbonyl (C=O) groups excluding carboxylic acids is 2. The second kappa shape index (κ2) is 6.86. The highest BCUT2D eigenvalue weighted by Crippen LogP contribution is 2.14. The second-order valence-corrected chi connectivity index (χ2v) is 4.20. The largest absolute Gasteiger partial charge is 0.373 e. The Morgan fingerprint density at radius 2 is 1.94 bits per heavy atom. The lowest BCUT2D eigenvalue weighted by Crippen LogP contribution is -2.40. The minimum absolute atomic E-state index is 0.00575. The van der Waals surface area contributed by atoms with Crippen LogP contribution in [0.15, 0.2) is 24.3 Å². The van der Waals surface area contributed by atoms with Crippen LogP contribution in [0.1, 0.15) is 13.3 Å². The van der Waals surface area contributed by atoms with Gasteiger partial charge in [0.2, 0.25) is 11.8 Å². The van der Waals surface area contributed by atoms with Gasteiger partial charge in [-0.25, -0.2) is 0 Å². The van der Waals surface area contributed by atoms with Gasteiger partial charge in [0.25, 0.3) is 0 Å². The number of nitrogens with two attached hydrogens (primary N) is 1. The Bertz CT molecular complexity index is 420. The molecule has 0 aromatic heterocycles. The lowest BCUT2D eigenvalue weighted by molar-refractivity contribution is -0.125. The summed E-state index contributed by atoms with van der Waals surface area (Å²) in [6.07, 6.45) is 0.00575. The Labute approximate surface area is 111 Å². The maximum atomic E-state index is 11.4. The molecule has 0 saturated carbocycles. The highest BCUT2D eigenvalue weighted by molar-refractivity contribution is 6.30. The van der Waals surface area contributed by atoms with Gasteiger partial charge in [0, 0.05) is 17.3 Å². The number of carbonyl (C=O) groups is 2. The average molecular weight is 270 g/mol. The van der Waals surface area contributed by atoms with E-state index in [9.17, 15) is 9.59 Å². The smallest absolute Gasteiger partial charge is 0.240 e. The van der Waals surface area contributed by atoms with Gasteiger partial charge in [-0.15, -0.1) is 0 Å². The maximum absolute atomic E-state index is 11.4. The van der Waals surface area contributed by atoms with E-state index in [4.69, 9.17) is 17.3 Å². The summed E-state index contributed by atoms with van der Waals surface area (Å²) in [5.41, 5.74) is 5.94. The summed E-state index contributed by atoms with van der Waals surface area (Å²) < 4.78 is 0. The molecule has 2 amide bonds. The number of anilines is 1. The fourth-order valence-electron chi connectivity index (χ4n) is 1.42. The Hall–Kier alpha value is -1.75. The van der Waals surface area contributed by atoms with Gasteiger partial charge < -0.3 is 16.4 Å². The zero-order valence-corrected chi connectivity index (χ0v) is 10.8. The molecule has 4 N–H and O–H groups in total. The van der Waals surface area contributed by atoms with Gasteiger partial charge in [-0.2, -0.15) is 0 Å². The van der Waals surface area contributed by atoms with Gasteiger partial charge in [-0.05, 0) is 31.2 Å². The van der Waals surface area contributed by atoms with E-state index in [-0.39, 0.29) is 12.3 Å². The predicted octanol–water partition coefficient (Wildman–Crippen LogP) is 1.13. The fourth-order valence-corrected chi connectivity index (χ4v) is 1.55. The van der Waals surface area contributed by atoms with Crippen molar-refractivity contribution < 1.29 is 9.59 Å². The highest BCUT2D eigenvalue weighted by atomic mass is 35.5. The van der Waals surface area contributed by atoms with Crippen LogP contribution in [-0.4, -0.2) is 24.4 Å². The zero-order chi connectivity index (χ0) is 13.5. The minimum Gasteiger partial charge on any atom is -0.373 e. The maximum Gasteiger partial charge on any atom is 0.240 e. The molecular formula is C12H16ClN3O2. The van der Waals surface area contributed by atoms with Crippen molar-refractivity contribution in [2.45, 2.75) is 19.4 Å².